The number of hydrogen-bond acceptors (Lipinski definition) is 5. The van der Waals surface area contributed by atoms with Gasteiger partial charge in [0.05, 0.1) is 24.8 Å². The van der Waals surface area contributed by atoms with Crippen LogP contribution >= 0.6 is 0 Å². The normalized spacial score (nSPS) is 20.9. The molecule has 6 nitrogen and oxygen atoms in total. The molecule has 4 rings (SSSR count). The fourth-order valence-electron chi connectivity index (χ4n) is 3.70. The third kappa shape index (κ3) is 2.54. The molecule has 1 aromatic carbocycles. The number of aromatic nitrogens is 3. The van der Waals surface area contributed by atoms with Crippen molar-refractivity contribution in [3.63, 3.8) is 0 Å². The first-order valence-corrected chi connectivity index (χ1v) is 8.30. The van der Waals surface area contributed by atoms with Gasteiger partial charge in [-0.15, -0.1) is 10.2 Å². The van der Waals surface area contributed by atoms with Crippen LogP contribution in [0.5, 0.6) is 0 Å². The van der Waals surface area contributed by atoms with Crippen LogP contribution < -0.4 is 0 Å². The molecule has 0 fully saturated rings. The first-order chi connectivity index (χ1) is 12.1. The van der Waals surface area contributed by atoms with Crippen molar-refractivity contribution in [2.45, 2.75) is 32.5 Å². The highest BCUT2D eigenvalue weighted by Gasteiger charge is 2.36. The van der Waals surface area contributed by atoms with Crippen LogP contribution in [0.3, 0.4) is 0 Å². The van der Waals surface area contributed by atoms with Gasteiger partial charge in [0.2, 0.25) is 0 Å². The summed E-state index contributed by atoms with van der Waals surface area (Å²) in [5.74, 6) is 1.51. The lowest BCUT2D eigenvalue weighted by molar-refractivity contribution is 0.0600. The topological polar surface area (TPSA) is 60.2 Å². The summed E-state index contributed by atoms with van der Waals surface area (Å²) in [6, 6.07) is 8.04. The minimum absolute atomic E-state index is 0.207. The van der Waals surface area contributed by atoms with Crippen molar-refractivity contribution in [2.75, 3.05) is 7.11 Å². The standard InChI is InChI=1S/C19H20N4O2/c1-12-9-17-16(7-8-18-21-20-13(2)23(17)18)22(12)11-14-5-4-6-15(10-14)19(24)25-3/h4-10,16-17H,11H2,1-3H3. The van der Waals surface area contributed by atoms with Gasteiger partial charge in [-0.1, -0.05) is 18.2 Å². The first-order valence-electron chi connectivity index (χ1n) is 8.30. The average molecular weight is 336 g/mol. The number of fused-ring (bicyclic) bond motifs is 3. The minimum atomic E-state index is -0.310. The lowest BCUT2D eigenvalue weighted by Gasteiger charge is -2.32. The zero-order valence-electron chi connectivity index (χ0n) is 14.5. The van der Waals surface area contributed by atoms with E-state index < -0.39 is 0 Å². The maximum absolute atomic E-state index is 11.8. The highest BCUT2D eigenvalue weighted by atomic mass is 16.5. The van der Waals surface area contributed by atoms with Crippen LogP contribution in [0.1, 0.15) is 40.5 Å². The largest absolute Gasteiger partial charge is 0.465 e. The van der Waals surface area contributed by atoms with Crippen LogP contribution in [0, 0.1) is 6.92 Å². The second-order valence-electron chi connectivity index (χ2n) is 6.44. The summed E-state index contributed by atoms with van der Waals surface area (Å²) in [6.07, 6.45) is 6.48. The van der Waals surface area contributed by atoms with Crippen molar-refractivity contribution < 1.29 is 9.53 Å². The highest BCUT2D eigenvalue weighted by molar-refractivity contribution is 5.89. The number of esters is 1. The molecular formula is C19H20N4O2. The van der Waals surface area contributed by atoms with Crippen LogP contribution in [0.25, 0.3) is 6.08 Å². The Balaban J connectivity index is 1.62. The van der Waals surface area contributed by atoms with E-state index in [0.29, 0.717) is 5.56 Å². The number of nitrogens with zero attached hydrogens (tertiary/aromatic N) is 4. The zero-order chi connectivity index (χ0) is 17.6. The summed E-state index contributed by atoms with van der Waals surface area (Å²) in [5, 5.41) is 8.41. The van der Waals surface area contributed by atoms with E-state index in [0.717, 1.165) is 23.8 Å². The molecule has 2 atom stereocenters. The zero-order valence-corrected chi connectivity index (χ0v) is 14.5. The van der Waals surface area contributed by atoms with Gasteiger partial charge in [0.1, 0.15) is 5.82 Å². The van der Waals surface area contributed by atoms with E-state index in [4.69, 9.17) is 4.74 Å². The third-order valence-electron chi connectivity index (χ3n) is 4.91. The molecular weight excluding hydrogens is 316 g/mol. The molecule has 6 heteroatoms. The second kappa shape index (κ2) is 5.88. The predicted octanol–water partition coefficient (Wildman–Crippen LogP) is 2.73. The van der Waals surface area contributed by atoms with Crippen molar-refractivity contribution in [2.24, 2.45) is 0 Å². The summed E-state index contributed by atoms with van der Waals surface area (Å²) in [4.78, 5) is 14.1. The molecule has 2 aliphatic rings. The molecule has 0 radical (unpaired) electrons. The van der Waals surface area contributed by atoms with E-state index in [1.54, 1.807) is 6.07 Å². The third-order valence-corrected chi connectivity index (χ3v) is 4.91. The van der Waals surface area contributed by atoms with Gasteiger partial charge in [0.25, 0.3) is 0 Å². The summed E-state index contributed by atoms with van der Waals surface area (Å²) in [7, 11) is 1.40. The molecule has 0 N–H and O–H groups in total. The van der Waals surface area contributed by atoms with Crippen molar-refractivity contribution in [3.05, 3.63) is 64.9 Å². The Morgan fingerprint density at radius 2 is 2.08 bits per heavy atom. The van der Waals surface area contributed by atoms with Gasteiger partial charge in [0.15, 0.2) is 5.82 Å². The molecule has 0 spiro atoms. The van der Waals surface area contributed by atoms with Crippen LogP contribution in [-0.4, -0.2) is 38.8 Å². The molecule has 0 bridgehead atoms. The Hall–Kier alpha value is -2.89. The van der Waals surface area contributed by atoms with Gasteiger partial charge in [-0.25, -0.2) is 4.79 Å². The van der Waals surface area contributed by atoms with Gasteiger partial charge in [-0.05, 0) is 43.7 Å². The first kappa shape index (κ1) is 15.6. The smallest absolute Gasteiger partial charge is 0.337 e. The Kier molecular flexibility index (Phi) is 3.67. The van der Waals surface area contributed by atoms with Crippen molar-refractivity contribution in [3.8, 4) is 0 Å². The number of carbonyl (C=O) groups is 1. The maximum atomic E-state index is 11.8. The number of ether oxygens (including phenoxy) is 1. The monoisotopic (exact) mass is 336 g/mol. The average Bonchev–Trinajstić information content (AvgIpc) is 3.15. The SMILES string of the molecule is COC(=O)c1cccc(CN2C(C)=CC3C2C=Cc2nnc(C)n23)c1. The summed E-state index contributed by atoms with van der Waals surface area (Å²) in [5.41, 5.74) is 2.87. The van der Waals surface area contributed by atoms with Crippen LogP contribution in [0.15, 0.2) is 42.1 Å². The summed E-state index contributed by atoms with van der Waals surface area (Å²) in [6.45, 7) is 4.84. The van der Waals surface area contributed by atoms with Gasteiger partial charge < -0.3 is 14.2 Å². The second-order valence-corrected chi connectivity index (χ2v) is 6.44. The van der Waals surface area contributed by atoms with Gasteiger partial charge in [0, 0.05) is 12.2 Å². The molecule has 2 aliphatic heterocycles. The number of rotatable bonds is 3. The van der Waals surface area contributed by atoms with Gasteiger partial charge >= 0.3 is 5.97 Å². The molecule has 0 saturated heterocycles. The van der Waals surface area contributed by atoms with Crippen molar-refractivity contribution >= 4 is 12.0 Å². The highest BCUT2D eigenvalue weighted by Crippen LogP contribution is 2.37. The predicted molar refractivity (Wildman–Crippen MR) is 93.7 cm³/mol. The van der Waals surface area contributed by atoms with Crippen molar-refractivity contribution in [1.29, 1.82) is 0 Å². The van der Waals surface area contributed by atoms with Gasteiger partial charge in [-0.3, -0.25) is 0 Å². The van der Waals surface area contributed by atoms with Crippen LogP contribution in [0.2, 0.25) is 0 Å². The molecule has 2 unspecified atom stereocenters. The fourth-order valence-corrected chi connectivity index (χ4v) is 3.70. The Labute approximate surface area is 146 Å². The number of hydrogen-bond donors (Lipinski definition) is 0. The van der Waals surface area contributed by atoms with E-state index in [1.807, 2.05) is 31.2 Å². The van der Waals surface area contributed by atoms with Crippen LogP contribution in [0.4, 0.5) is 0 Å². The lowest BCUT2D eigenvalue weighted by atomic mass is 10.0. The van der Waals surface area contributed by atoms with Gasteiger partial charge in [-0.2, -0.15) is 0 Å². The van der Waals surface area contributed by atoms with E-state index in [2.05, 4.69) is 38.7 Å². The number of methoxy groups -OCH3 is 1. The molecule has 0 aliphatic carbocycles. The number of carbonyl (C=O) groups excluding carboxylic acids is 1. The van der Waals surface area contributed by atoms with E-state index in [1.165, 1.54) is 12.8 Å². The van der Waals surface area contributed by atoms with Crippen molar-refractivity contribution in [1.82, 2.24) is 19.7 Å². The van der Waals surface area contributed by atoms with E-state index in [-0.39, 0.29) is 18.1 Å². The summed E-state index contributed by atoms with van der Waals surface area (Å²) < 4.78 is 7.00. The minimum Gasteiger partial charge on any atom is -0.465 e. The molecule has 2 aromatic rings. The maximum Gasteiger partial charge on any atom is 0.337 e. The summed E-state index contributed by atoms with van der Waals surface area (Å²) >= 11 is 0. The van der Waals surface area contributed by atoms with E-state index >= 15 is 0 Å². The quantitative estimate of drug-likeness (QED) is 0.807. The lowest BCUT2D eigenvalue weighted by Crippen LogP contribution is -2.35. The molecule has 3 heterocycles. The molecule has 0 saturated carbocycles. The fraction of sp³-hybridized carbons (Fsp3) is 0.316. The van der Waals surface area contributed by atoms with Crippen LogP contribution in [-0.2, 0) is 11.3 Å². The molecule has 128 valence electrons. The number of benzene rings is 1. The number of allylic oxidation sites excluding steroid dienone is 1. The molecule has 1 aromatic heterocycles. The Morgan fingerprint density at radius 1 is 1.24 bits per heavy atom. The molecule has 25 heavy (non-hydrogen) atoms. The Bertz CT molecular complexity index is 897. The number of aryl methyl sites for hydroxylation is 1. The Morgan fingerprint density at radius 3 is 2.88 bits per heavy atom. The van der Waals surface area contributed by atoms with E-state index in [9.17, 15) is 4.79 Å². The molecule has 0 amide bonds.